The molecule has 0 aliphatic carbocycles. The molecule has 6 heteroatoms. The fourth-order valence-electron chi connectivity index (χ4n) is 1.43. The molecule has 1 aromatic carbocycles. The van der Waals surface area contributed by atoms with Crippen LogP contribution in [0.25, 0.3) is 0 Å². The van der Waals surface area contributed by atoms with Gasteiger partial charge in [0.25, 0.3) is 11.6 Å². The number of carbonyl (C=O) groups excluding carboxylic acids is 1. The van der Waals surface area contributed by atoms with Crippen LogP contribution in [0.15, 0.2) is 29.4 Å². The Morgan fingerprint density at radius 2 is 2.00 bits per heavy atom. The molecule has 0 unspecified atom stereocenters. The van der Waals surface area contributed by atoms with E-state index < -0.39 is 4.92 Å². The van der Waals surface area contributed by atoms with E-state index in [-0.39, 0.29) is 11.6 Å². The second kappa shape index (κ2) is 7.25. The molecule has 1 aromatic rings. The molecule has 0 heterocycles. The number of nitrogens with zero attached hydrogens (tertiary/aromatic N) is 2. The zero-order chi connectivity index (χ0) is 14.3. The van der Waals surface area contributed by atoms with Gasteiger partial charge in [0.05, 0.1) is 4.92 Å². The molecule has 1 rings (SSSR count). The van der Waals surface area contributed by atoms with Gasteiger partial charge in [0, 0.05) is 23.4 Å². The van der Waals surface area contributed by atoms with Gasteiger partial charge in [-0.25, -0.2) is 5.43 Å². The van der Waals surface area contributed by atoms with Gasteiger partial charge in [-0.1, -0.05) is 13.3 Å². The van der Waals surface area contributed by atoms with Crippen LogP contribution in [0.2, 0.25) is 0 Å². The summed E-state index contributed by atoms with van der Waals surface area (Å²) in [5.74, 6) is -0.370. The number of amides is 1. The molecule has 0 fully saturated rings. The minimum Gasteiger partial charge on any atom is -0.267 e. The van der Waals surface area contributed by atoms with Crippen molar-refractivity contribution >= 4 is 17.3 Å². The molecule has 0 saturated carbocycles. The highest BCUT2D eigenvalue weighted by Gasteiger charge is 2.08. The van der Waals surface area contributed by atoms with Gasteiger partial charge in [0.2, 0.25) is 0 Å². The zero-order valence-corrected chi connectivity index (χ0v) is 11.0. The van der Waals surface area contributed by atoms with E-state index >= 15 is 0 Å². The summed E-state index contributed by atoms with van der Waals surface area (Å²) in [5, 5.41) is 14.5. The third kappa shape index (κ3) is 4.87. The highest BCUT2D eigenvalue weighted by molar-refractivity contribution is 5.95. The maximum atomic E-state index is 11.7. The molecule has 6 nitrogen and oxygen atoms in total. The Morgan fingerprint density at radius 1 is 1.37 bits per heavy atom. The number of carbonyl (C=O) groups is 1. The Bertz CT molecular complexity index is 480. The summed E-state index contributed by atoms with van der Waals surface area (Å²) < 4.78 is 0. The summed E-state index contributed by atoms with van der Waals surface area (Å²) in [6.07, 6.45) is 2.95. The minimum atomic E-state index is -0.505. The van der Waals surface area contributed by atoms with Crippen molar-refractivity contribution in [3.05, 3.63) is 39.9 Å². The lowest BCUT2D eigenvalue weighted by atomic mass is 10.2. The molecule has 0 atom stereocenters. The summed E-state index contributed by atoms with van der Waals surface area (Å²) in [6, 6.07) is 5.40. The van der Waals surface area contributed by atoms with Crippen molar-refractivity contribution < 1.29 is 9.72 Å². The van der Waals surface area contributed by atoms with Crippen molar-refractivity contribution in [2.45, 2.75) is 33.1 Å². The number of nitrogens with one attached hydrogen (secondary N) is 1. The molecule has 0 aliphatic rings. The molecule has 0 saturated heterocycles. The summed E-state index contributed by atoms with van der Waals surface area (Å²) in [4.78, 5) is 21.7. The molecule has 1 N–H and O–H groups in total. The van der Waals surface area contributed by atoms with Crippen molar-refractivity contribution in [1.82, 2.24) is 5.43 Å². The number of hydrazone groups is 1. The molecule has 0 aliphatic heterocycles. The maximum absolute atomic E-state index is 11.7. The molecule has 19 heavy (non-hydrogen) atoms. The number of nitro benzene ring substituents is 1. The second-order valence-corrected chi connectivity index (χ2v) is 4.20. The van der Waals surface area contributed by atoms with E-state index in [4.69, 9.17) is 0 Å². The molecular formula is C13H17N3O3. The van der Waals surface area contributed by atoms with Gasteiger partial charge in [-0.05, 0) is 31.9 Å². The SMILES string of the molecule is CCCC/C(C)=N\NC(=O)c1ccc([N+](=O)[O-])cc1. The summed E-state index contributed by atoms with van der Waals surface area (Å²) >= 11 is 0. The van der Waals surface area contributed by atoms with Crippen LogP contribution < -0.4 is 5.43 Å². The van der Waals surface area contributed by atoms with Gasteiger partial charge in [0.15, 0.2) is 0 Å². The van der Waals surface area contributed by atoms with Crippen molar-refractivity contribution in [2.75, 3.05) is 0 Å². The van der Waals surface area contributed by atoms with Crippen LogP contribution in [-0.4, -0.2) is 16.5 Å². The fraction of sp³-hybridized carbons (Fsp3) is 0.385. The minimum absolute atomic E-state index is 0.0424. The summed E-state index contributed by atoms with van der Waals surface area (Å²) in [6.45, 7) is 3.94. The van der Waals surface area contributed by atoms with Gasteiger partial charge >= 0.3 is 0 Å². The number of hydrogen-bond acceptors (Lipinski definition) is 4. The lowest BCUT2D eigenvalue weighted by molar-refractivity contribution is -0.384. The van der Waals surface area contributed by atoms with Crippen LogP contribution in [0, 0.1) is 10.1 Å². The van der Waals surface area contributed by atoms with E-state index in [0.717, 1.165) is 25.0 Å². The number of unbranched alkanes of at least 4 members (excludes halogenated alkanes) is 1. The molecule has 0 aromatic heterocycles. The number of non-ortho nitro benzene ring substituents is 1. The topological polar surface area (TPSA) is 84.6 Å². The smallest absolute Gasteiger partial charge is 0.267 e. The van der Waals surface area contributed by atoms with E-state index in [9.17, 15) is 14.9 Å². The molecule has 1 amide bonds. The Kier molecular flexibility index (Phi) is 5.66. The van der Waals surface area contributed by atoms with E-state index in [2.05, 4.69) is 17.5 Å². The maximum Gasteiger partial charge on any atom is 0.271 e. The zero-order valence-electron chi connectivity index (χ0n) is 11.0. The lowest BCUT2D eigenvalue weighted by Gasteiger charge is -2.02. The number of rotatable bonds is 6. The first-order valence-electron chi connectivity index (χ1n) is 6.12. The highest BCUT2D eigenvalue weighted by atomic mass is 16.6. The van der Waals surface area contributed by atoms with Gasteiger partial charge in [-0.2, -0.15) is 5.10 Å². The molecule has 0 radical (unpaired) electrons. The monoisotopic (exact) mass is 263 g/mol. The van der Waals surface area contributed by atoms with Crippen molar-refractivity contribution in [3.8, 4) is 0 Å². The Balaban J connectivity index is 2.60. The first-order chi connectivity index (χ1) is 9.04. The average Bonchev–Trinajstić information content (AvgIpc) is 2.42. The Labute approximate surface area is 111 Å². The predicted octanol–water partition coefficient (Wildman–Crippen LogP) is 2.89. The van der Waals surface area contributed by atoms with Gasteiger partial charge < -0.3 is 0 Å². The van der Waals surface area contributed by atoms with Crippen LogP contribution in [0.4, 0.5) is 5.69 Å². The van der Waals surface area contributed by atoms with Crippen LogP contribution in [0.5, 0.6) is 0 Å². The number of hydrogen-bond donors (Lipinski definition) is 1. The standard InChI is InChI=1S/C13H17N3O3/c1-3-4-5-10(2)14-15-13(17)11-6-8-12(9-7-11)16(18)19/h6-9H,3-5H2,1-2H3,(H,15,17)/b14-10-. The molecular weight excluding hydrogens is 246 g/mol. The van der Waals surface area contributed by atoms with Crippen molar-refractivity contribution in [3.63, 3.8) is 0 Å². The second-order valence-electron chi connectivity index (χ2n) is 4.20. The first kappa shape index (κ1) is 14.8. The largest absolute Gasteiger partial charge is 0.271 e. The Hall–Kier alpha value is -2.24. The summed E-state index contributed by atoms with van der Waals surface area (Å²) in [7, 11) is 0. The van der Waals surface area contributed by atoms with Crippen LogP contribution in [-0.2, 0) is 0 Å². The van der Waals surface area contributed by atoms with Crippen LogP contribution in [0.3, 0.4) is 0 Å². The van der Waals surface area contributed by atoms with E-state index in [0.29, 0.717) is 5.56 Å². The highest BCUT2D eigenvalue weighted by Crippen LogP contribution is 2.11. The van der Waals surface area contributed by atoms with Gasteiger partial charge in [0.1, 0.15) is 0 Å². The third-order valence-corrected chi connectivity index (χ3v) is 2.58. The first-order valence-corrected chi connectivity index (χ1v) is 6.12. The normalized spacial score (nSPS) is 11.2. The number of nitro groups is 1. The van der Waals surface area contributed by atoms with E-state index in [1.165, 1.54) is 24.3 Å². The predicted molar refractivity (Wildman–Crippen MR) is 73.2 cm³/mol. The average molecular weight is 263 g/mol. The summed E-state index contributed by atoms with van der Waals surface area (Å²) in [5.41, 5.74) is 3.60. The molecule has 102 valence electrons. The van der Waals surface area contributed by atoms with E-state index in [1.54, 1.807) is 0 Å². The number of benzene rings is 1. The molecule has 0 spiro atoms. The fourth-order valence-corrected chi connectivity index (χ4v) is 1.43. The third-order valence-electron chi connectivity index (χ3n) is 2.58. The quantitative estimate of drug-likeness (QED) is 0.486. The van der Waals surface area contributed by atoms with Crippen molar-refractivity contribution in [1.29, 1.82) is 0 Å². The van der Waals surface area contributed by atoms with Crippen LogP contribution >= 0.6 is 0 Å². The van der Waals surface area contributed by atoms with Gasteiger partial charge in [-0.3, -0.25) is 14.9 Å². The van der Waals surface area contributed by atoms with Crippen molar-refractivity contribution in [2.24, 2.45) is 5.10 Å². The lowest BCUT2D eigenvalue weighted by Crippen LogP contribution is -2.19. The van der Waals surface area contributed by atoms with E-state index in [1.807, 2.05) is 6.92 Å². The van der Waals surface area contributed by atoms with Gasteiger partial charge in [-0.15, -0.1) is 0 Å². The van der Waals surface area contributed by atoms with Crippen LogP contribution in [0.1, 0.15) is 43.5 Å². The molecule has 0 bridgehead atoms. The Morgan fingerprint density at radius 3 is 2.53 bits per heavy atom.